The van der Waals surface area contributed by atoms with Crippen LogP contribution in [-0.2, 0) is 0 Å². The van der Waals surface area contributed by atoms with E-state index in [0.717, 1.165) is 15.6 Å². The topological polar surface area (TPSA) is 58.2 Å². The number of halogens is 2. The van der Waals surface area contributed by atoms with E-state index in [0.29, 0.717) is 31.9 Å². The van der Waals surface area contributed by atoms with Crippen molar-refractivity contribution in [2.75, 3.05) is 10.6 Å². The molecule has 2 amide bonds. The van der Waals surface area contributed by atoms with Gasteiger partial charge in [-0.05, 0) is 43.3 Å². The van der Waals surface area contributed by atoms with Gasteiger partial charge in [0.25, 0.3) is 11.8 Å². The highest BCUT2D eigenvalue weighted by atomic mass is 35.5. The molecule has 0 spiro atoms. The summed E-state index contributed by atoms with van der Waals surface area (Å²) in [5.41, 5.74) is 2.21. The highest BCUT2D eigenvalue weighted by molar-refractivity contribution is 7.21. The molecule has 3 aromatic carbocycles. The van der Waals surface area contributed by atoms with Crippen LogP contribution in [0.25, 0.3) is 10.1 Å². The van der Waals surface area contributed by atoms with Crippen molar-refractivity contribution < 1.29 is 9.59 Å². The fraction of sp³-hybridized carbons (Fsp3) is 0.0435. The molecular formula is C23H16Cl2N2O2S. The summed E-state index contributed by atoms with van der Waals surface area (Å²) in [5.74, 6) is -0.708. The van der Waals surface area contributed by atoms with E-state index in [1.807, 2.05) is 37.3 Å². The fourth-order valence-electron chi connectivity index (χ4n) is 3.06. The normalized spacial score (nSPS) is 10.8. The van der Waals surface area contributed by atoms with Crippen LogP contribution in [0.3, 0.4) is 0 Å². The largest absolute Gasteiger partial charge is 0.322 e. The summed E-state index contributed by atoms with van der Waals surface area (Å²) >= 11 is 13.7. The molecule has 2 N–H and O–H groups in total. The lowest BCUT2D eigenvalue weighted by Gasteiger charge is -2.12. The maximum atomic E-state index is 12.9. The Bertz CT molecular complexity index is 1280. The molecule has 0 bridgehead atoms. The Morgan fingerprint density at radius 2 is 1.67 bits per heavy atom. The van der Waals surface area contributed by atoms with Gasteiger partial charge in [0.15, 0.2) is 0 Å². The average molecular weight is 455 g/mol. The Morgan fingerprint density at radius 3 is 2.43 bits per heavy atom. The molecule has 1 aromatic heterocycles. The number of carbonyl (C=O) groups excluding carboxylic acids is 2. The van der Waals surface area contributed by atoms with Crippen molar-refractivity contribution in [2.45, 2.75) is 6.92 Å². The molecule has 0 aliphatic heterocycles. The first-order valence-electron chi connectivity index (χ1n) is 9.08. The van der Waals surface area contributed by atoms with Crippen molar-refractivity contribution in [3.63, 3.8) is 0 Å². The zero-order valence-corrected chi connectivity index (χ0v) is 18.2. The smallest absolute Gasteiger partial charge is 0.267 e. The van der Waals surface area contributed by atoms with Crippen molar-refractivity contribution in [1.29, 1.82) is 0 Å². The number of hydrogen-bond acceptors (Lipinski definition) is 3. The van der Waals surface area contributed by atoms with Gasteiger partial charge in [-0.1, -0.05) is 59.1 Å². The number of nitrogens with one attached hydrogen (secondary N) is 2. The number of hydrogen-bond donors (Lipinski definition) is 2. The third-order valence-electron chi connectivity index (χ3n) is 4.49. The van der Waals surface area contributed by atoms with Crippen LogP contribution in [0.4, 0.5) is 11.4 Å². The second kappa shape index (κ2) is 8.48. The molecule has 0 aliphatic carbocycles. The zero-order valence-electron chi connectivity index (χ0n) is 15.8. The molecular weight excluding hydrogens is 439 g/mol. The molecule has 0 saturated heterocycles. The molecule has 30 heavy (non-hydrogen) atoms. The van der Waals surface area contributed by atoms with Crippen LogP contribution in [0.1, 0.15) is 25.6 Å². The van der Waals surface area contributed by atoms with Crippen molar-refractivity contribution in [2.24, 2.45) is 0 Å². The second-order valence-electron chi connectivity index (χ2n) is 6.71. The van der Waals surface area contributed by atoms with Crippen LogP contribution in [0.5, 0.6) is 0 Å². The van der Waals surface area contributed by atoms with E-state index in [4.69, 9.17) is 23.2 Å². The Morgan fingerprint density at radius 1 is 0.867 bits per heavy atom. The number of benzene rings is 3. The average Bonchev–Trinajstić information content (AvgIpc) is 3.06. The fourth-order valence-corrected chi connectivity index (χ4v) is 4.66. The number of aryl methyl sites for hydroxylation is 1. The molecule has 0 saturated carbocycles. The minimum absolute atomic E-state index is 0.348. The molecule has 7 heteroatoms. The van der Waals surface area contributed by atoms with Crippen molar-refractivity contribution in [3.8, 4) is 0 Å². The van der Waals surface area contributed by atoms with Gasteiger partial charge in [-0.15, -0.1) is 11.3 Å². The molecule has 1 heterocycles. The molecule has 0 aliphatic rings. The summed E-state index contributed by atoms with van der Waals surface area (Å²) in [6, 6.07) is 19.7. The van der Waals surface area contributed by atoms with Crippen LogP contribution in [0, 0.1) is 6.92 Å². The summed E-state index contributed by atoms with van der Waals surface area (Å²) in [6.07, 6.45) is 0. The number of anilines is 2. The molecule has 150 valence electrons. The molecule has 0 fully saturated rings. The lowest BCUT2D eigenvalue weighted by Crippen LogP contribution is -2.18. The summed E-state index contributed by atoms with van der Waals surface area (Å²) in [6.45, 7) is 1.88. The summed E-state index contributed by atoms with van der Waals surface area (Å²) in [4.78, 5) is 26.2. The Hall–Kier alpha value is -2.86. The van der Waals surface area contributed by atoms with Gasteiger partial charge in [-0.25, -0.2) is 0 Å². The monoisotopic (exact) mass is 454 g/mol. The zero-order chi connectivity index (χ0) is 21.3. The highest BCUT2D eigenvalue weighted by Crippen LogP contribution is 2.35. The SMILES string of the molecule is Cc1ccc(NC(=O)c2sc3ccccc3c2Cl)c(C(=O)Nc2cccc(Cl)c2)c1. The van der Waals surface area contributed by atoms with Gasteiger partial charge < -0.3 is 10.6 Å². The minimum Gasteiger partial charge on any atom is -0.322 e. The van der Waals surface area contributed by atoms with E-state index in [9.17, 15) is 9.59 Å². The van der Waals surface area contributed by atoms with Gasteiger partial charge in [0.05, 0.1) is 16.3 Å². The number of fused-ring (bicyclic) bond motifs is 1. The van der Waals surface area contributed by atoms with E-state index in [2.05, 4.69) is 10.6 Å². The predicted octanol–water partition coefficient (Wildman–Crippen LogP) is 7.02. The van der Waals surface area contributed by atoms with Gasteiger partial charge in [-0.2, -0.15) is 0 Å². The molecule has 4 rings (SSSR count). The van der Waals surface area contributed by atoms with Crippen LogP contribution in [0.2, 0.25) is 10.0 Å². The minimum atomic E-state index is -0.359. The standard InChI is InChI=1S/C23H16Cl2N2O2S/c1-13-9-10-18(17(11-13)22(28)26-15-6-4-5-14(24)12-15)27-23(29)21-20(25)16-7-2-3-8-19(16)30-21/h2-12H,1H3,(H,26,28)(H,27,29). The molecule has 4 nitrogen and oxygen atoms in total. The van der Waals surface area contributed by atoms with E-state index in [1.54, 1.807) is 36.4 Å². The van der Waals surface area contributed by atoms with E-state index in [1.165, 1.54) is 11.3 Å². The maximum Gasteiger partial charge on any atom is 0.267 e. The number of amides is 2. The Labute approximate surface area is 187 Å². The predicted molar refractivity (Wildman–Crippen MR) is 125 cm³/mol. The molecule has 0 atom stereocenters. The first-order chi connectivity index (χ1) is 14.4. The Kier molecular flexibility index (Phi) is 5.77. The maximum absolute atomic E-state index is 12.9. The van der Waals surface area contributed by atoms with Crippen LogP contribution >= 0.6 is 34.5 Å². The van der Waals surface area contributed by atoms with E-state index < -0.39 is 0 Å². The van der Waals surface area contributed by atoms with Crippen LogP contribution in [0.15, 0.2) is 66.7 Å². The molecule has 0 radical (unpaired) electrons. The van der Waals surface area contributed by atoms with Crippen LogP contribution < -0.4 is 10.6 Å². The second-order valence-corrected chi connectivity index (χ2v) is 8.58. The van der Waals surface area contributed by atoms with Crippen molar-refractivity contribution in [3.05, 3.63) is 92.8 Å². The summed E-state index contributed by atoms with van der Waals surface area (Å²) < 4.78 is 0.926. The molecule has 0 unspecified atom stereocenters. The molecule has 4 aromatic rings. The highest BCUT2D eigenvalue weighted by Gasteiger charge is 2.20. The van der Waals surface area contributed by atoms with Gasteiger partial charge in [-0.3, -0.25) is 9.59 Å². The quantitative estimate of drug-likeness (QED) is 0.347. The third kappa shape index (κ3) is 4.19. The van der Waals surface area contributed by atoms with Crippen molar-refractivity contribution in [1.82, 2.24) is 0 Å². The lowest BCUT2D eigenvalue weighted by atomic mass is 10.1. The number of carbonyl (C=O) groups is 2. The van der Waals surface area contributed by atoms with Gasteiger partial charge in [0.2, 0.25) is 0 Å². The van der Waals surface area contributed by atoms with E-state index in [-0.39, 0.29) is 11.8 Å². The van der Waals surface area contributed by atoms with Crippen molar-refractivity contribution >= 4 is 67.8 Å². The van der Waals surface area contributed by atoms with Crippen LogP contribution in [-0.4, -0.2) is 11.8 Å². The summed E-state index contributed by atoms with van der Waals surface area (Å²) in [5, 5.41) is 7.41. The van der Waals surface area contributed by atoms with E-state index >= 15 is 0 Å². The third-order valence-corrected chi connectivity index (χ3v) is 6.40. The van der Waals surface area contributed by atoms with Gasteiger partial charge in [0, 0.05) is 20.8 Å². The van der Waals surface area contributed by atoms with Gasteiger partial charge in [0.1, 0.15) is 4.88 Å². The Balaban J connectivity index is 1.63. The number of rotatable bonds is 4. The first-order valence-corrected chi connectivity index (χ1v) is 10.7. The van der Waals surface area contributed by atoms with Gasteiger partial charge >= 0.3 is 0 Å². The number of thiophene rings is 1. The first kappa shape index (κ1) is 20.4. The summed E-state index contributed by atoms with van der Waals surface area (Å²) in [7, 11) is 0. The lowest BCUT2D eigenvalue weighted by molar-refractivity contribution is 0.102.